The van der Waals surface area contributed by atoms with Crippen molar-refractivity contribution in [2.75, 3.05) is 33.4 Å². The largest absolute Gasteiger partial charge is 0.497 e. The van der Waals surface area contributed by atoms with Crippen LogP contribution in [0.25, 0.3) is 10.9 Å². The van der Waals surface area contributed by atoms with Gasteiger partial charge in [0.05, 0.1) is 30.3 Å². The topological polar surface area (TPSA) is 78.7 Å². The zero-order valence-corrected chi connectivity index (χ0v) is 20.1. The van der Waals surface area contributed by atoms with Gasteiger partial charge in [-0.15, -0.1) is 0 Å². The van der Waals surface area contributed by atoms with E-state index in [2.05, 4.69) is 26.7 Å². The number of aromatic nitrogens is 2. The number of ether oxygens (including phenoxy) is 1. The summed E-state index contributed by atoms with van der Waals surface area (Å²) in [7, 11) is 1.61. The zero-order chi connectivity index (χ0) is 24.0. The van der Waals surface area contributed by atoms with Gasteiger partial charge in [0.15, 0.2) is 0 Å². The number of likely N-dealkylation sites (tertiary alicyclic amines) is 1. The molecule has 34 heavy (non-hydrogen) atoms. The second kappa shape index (κ2) is 11.2. The molecule has 0 saturated carbocycles. The third-order valence-corrected chi connectivity index (χ3v) is 7.10. The Morgan fingerprint density at radius 3 is 2.76 bits per heavy atom. The number of halogens is 1. The van der Waals surface area contributed by atoms with E-state index >= 15 is 0 Å². The van der Waals surface area contributed by atoms with Crippen molar-refractivity contribution in [3.05, 3.63) is 65.1 Å². The van der Waals surface area contributed by atoms with Crippen LogP contribution in [0.2, 0.25) is 5.02 Å². The summed E-state index contributed by atoms with van der Waals surface area (Å²) in [5.41, 5.74) is 2.14. The third-order valence-electron chi connectivity index (χ3n) is 6.80. The summed E-state index contributed by atoms with van der Waals surface area (Å²) in [6.07, 6.45) is 7.29. The van der Waals surface area contributed by atoms with Crippen LogP contribution in [0, 0.1) is 17.3 Å². The van der Waals surface area contributed by atoms with Gasteiger partial charge in [-0.2, -0.15) is 0 Å². The Bertz CT molecular complexity index is 1170. The van der Waals surface area contributed by atoms with E-state index in [1.807, 2.05) is 30.3 Å². The molecule has 7 heteroatoms. The molecule has 1 fully saturated rings. The number of hydrogen-bond acceptors (Lipinski definition) is 6. The highest BCUT2D eigenvalue weighted by atomic mass is 35.5. The van der Waals surface area contributed by atoms with E-state index in [1.54, 1.807) is 25.7 Å². The number of aliphatic hydroxyl groups excluding tert-OH is 2. The maximum Gasteiger partial charge on any atom is 0.119 e. The summed E-state index contributed by atoms with van der Waals surface area (Å²) in [5, 5.41) is 22.6. The Balaban J connectivity index is 1.38. The van der Waals surface area contributed by atoms with E-state index in [-0.39, 0.29) is 12.0 Å². The summed E-state index contributed by atoms with van der Waals surface area (Å²) >= 11 is 6.46. The van der Waals surface area contributed by atoms with Gasteiger partial charge < -0.3 is 14.9 Å². The molecule has 2 N–H and O–H groups in total. The molecule has 1 atom stereocenters. The van der Waals surface area contributed by atoms with Crippen LogP contribution in [0.5, 0.6) is 5.75 Å². The first-order valence-electron chi connectivity index (χ1n) is 11.6. The van der Waals surface area contributed by atoms with Crippen LogP contribution < -0.4 is 4.74 Å². The van der Waals surface area contributed by atoms with E-state index in [0.717, 1.165) is 42.4 Å². The molecule has 6 nitrogen and oxygen atoms in total. The van der Waals surface area contributed by atoms with Gasteiger partial charge in [0.25, 0.3) is 0 Å². The van der Waals surface area contributed by atoms with Crippen molar-refractivity contribution in [2.24, 2.45) is 5.41 Å². The van der Waals surface area contributed by atoms with Crippen LogP contribution in [0.3, 0.4) is 0 Å². The Hall–Kier alpha value is -2.69. The molecule has 0 spiro atoms. The van der Waals surface area contributed by atoms with E-state index in [9.17, 15) is 10.2 Å². The molecule has 1 saturated heterocycles. The van der Waals surface area contributed by atoms with Gasteiger partial charge in [-0.05, 0) is 74.5 Å². The number of pyridine rings is 2. The minimum atomic E-state index is -0.753. The number of rotatable bonds is 7. The van der Waals surface area contributed by atoms with E-state index in [0.29, 0.717) is 35.7 Å². The van der Waals surface area contributed by atoms with Crippen LogP contribution in [0.1, 0.15) is 42.9 Å². The smallest absolute Gasteiger partial charge is 0.119 e. The number of fused-ring (bicyclic) bond motifs is 1. The van der Waals surface area contributed by atoms with Gasteiger partial charge in [-0.1, -0.05) is 23.4 Å². The molecule has 3 aromatic rings. The number of piperidine rings is 1. The lowest BCUT2D eigenvalue weighted by atomic mass is 9.74. The van der Waals surface area contributed by atoms with Gasteiger partial charge in [0.2, 0.25) is 0 Å². The molecule has 1 aliphatic heterocycles. The van der Waals surface area contributed by atoms with Crippen molar-refractivity contribution in [3.63, 3.8) is 0 Å². The lowest BCUT2D eigenvalue weighted by Crippen LogP contribution is -2.42. The first-order valence-corrected chi connectivity index (χ1v) is 11.9. The monoisotopic (exact) mass is 479 g/mol. The minimum absolute atomic E-state index is 0.105. The summed E-state index contributed by atoms with van der Waals surface area (Å²) in [6.45, 7) is 2.54. The highest BCUT2D eigenvalue weighted by Crippen LogP contribution is 2.40. The maximum atomic E-state index is 11.1. The van der Waals surface area contributed by atoms with Crippen LogP contribution in [0.4, 0.5) is 0 Å². The molecule has 2 aromatic heterocycles. The maximum absolute atomic E-state index is 11.1. The van der Waals surface area contributed by atoms with Crippen molar-refractivity contribution >= 4 is 22.5 Å². The molecule has 1 aromatic carbocycles. The molecule has 0 bridgehead atoms. The summed E-state index contributed by atoms with van der Waals surface area (Å²) in [5.74, 6) is 7.06. The highest BCUT2D eigenvalue weighted by Gasteiger charge is 2.34. The molecule has 3 heterocycles. The molecule has 0 unspecified atom stereocenters. The Morgan fingerprint density at radius 2 is 2.06 bits per heavy atom. The Labute approximate surface area is 205 Å². The van der Waals surface area contributed by atoms with Crippen molar-refractivity contribution in [1.82, 2.24) is 14.9 Å². The molecule has 0 aliphatic carbocycles. The second-order valence-electron chi connectivity index (χ2n) is 8.94. The average molecular weight is 480 g/mol. The molecule has 0 radical (unpaired) electrons. The van der Waals surface area contributed by atoms with Crippen LogP contribution in [-0.2, 0) is 0 Å². The number of aliphatic hydroxyl groups is 2. The van der Waals surface area contributed by atoms with E-state index in [4.69, 9.17) is 16.3 Å². The molecule has 4 rings (SSSR count). The lowest BCUT2D eigenvalue weighted by molar-refractivity contribution is 0.0273. The number of nitrogens with zero attached hydrogens (tertiary/aromatic N) is 3. The first-order chi connectivity index (χ1) is 16.5. The predicted molar refractivity (Wildman–Crippen MR) is 134 cm³/mol. The SMILES string of the molecule is COc1ccc2ncc(Cl)c([C@@H](O)CCC3(CO)CCN(CC#Cc4cccnc4)CC3)c2c1. The lowest BCUT2D eigenvalue weighted by Gasteiger charge is -2.40. The Kier molecular flexibility index (Phi) is 8.02. The Morgan fingerprint density at radius 1 is 1.24 bits per heavy atom. The van der Waals surface area contributed by atoms with Gasteiger partial charge >= 0.3 is 0 Å². The fourth-order valence-electron chi connectivity index (χ4n) is 4.58. The minimum Gasteiger partial charge on any atom is -0.497 e. The van der Waals surface area contributed by atoms with E-state index in [1.165, 1.54) is 0 Å². The van der Waals surface area contributed by atoms with Gasteiger partial charge in [0.1, 0.15) is 5.75 Å². The summed E-state index contributed by atoms with van der Waals surface area (Å²) in [4.78, 5) is 10.8. The molecular weight excluding hydrogens is 450 g/mol. The van der Waals surface area contributed by atoms with Crippen LogP contribution in [-0.4, -0.2) is 58.4 Å². The van der Waals surface area contributed by atoms with Crippen molar-refractivity contribution < 1.29 is 14.9 Å². The number of methoxy groups -OCH3 is 1. The van der Waals surface area contributed by atoms with Crippen LogP contribution in [0.15, 0.2) is 48.9 Å². The average Bonchev–Trinajstić information content (AvgIpc) is 2.88. The normalized spacial score (nSPS) is 16.6. The first kappa shape index (κ1) is 24.4. The standard InChI is InChI=1S/C27H30ClN3O3/c1-34-21-6-7-24-22(16-21)26(23(28)18-30-24)25(33)8-9-27(19-32)10-14-31(15-11-27)13-3-5-20-4-2-12-29-17-20/h2,4,6-7,12,16-18,25,32-33H,8-11,13-15,19H2,1H3/t25-/m0/s1. The fraction of sp³-hybridized carbons (Fsp3) is 0.407. The van der Waals surface area contributed by atoms with Crippen LogP contribution >= 0.6 is 11.6 Å². The van der Waals surface area contributed by atoms with Gasteiger partial charge in [-0.25, -0.2) is 0 Å². The summed E-state index contributed by atoms with van der Waals surface area (Å²) in [6, 6.07) is 9.40. The molecule has 0 amide bonds. The zero-order valence-electron chi connectivity index (χ0n) is 19.4. The number of hydrogen-bond donors (Lipinski definition) is 2. The van der Waals surface area contributed by atoms with Crippen molar-refractivity contribution in [3.8, 4) is 17.6 Å². The highest BCUT2D eigenvalue weighted by molar-refractivity contribution is 6.32. The van der Waals surface area contributed by atoms with Gasteiger partial charge in [0, 0.05) is 41.7 Å². The van der Waals surface area contributed by atoms with E-state index < -0.39 is 6.10 Å². The molecule has 178 valence electrons. The van der Waals surface area contributed by atoms with Crippen molar-refractivity contribution in [2.45, 2.75) is 31.8 Å². The molecular formula is C27H30ClN3O3. The fourth-order valence-corrected chi connectivity index (χ4v) is 4.86. The third kappa shape index (κ3) is 5.68. The van der Waals surface area contributed by atoms with Crippen molar-refractivity contribution in [1.29, 1.82) is 0 Å². The number of benzene rings is 1. The summed E-state index contributed by atoms with van der Waals surface area (Å²) < 4.78 is 5.35. The molecule has 1 aliphatic rings. The predicted octanol–water partition coefficient (Wildman–Crippen LogP) is 4.23. The second-order valence-corrected chi connectivity index (χ2v) is 9.34. The van der Waals surface area contributed by atoms with Gasteiger partial charge in [-0.3, -0.25) is 14.9 Å². The quantitative estimate of drug-likeness (QED) is 0.494.